The number of aliphatic hydroxyl groups is 2. The van der Waals surface area contributed by atoms with Gasteiger partial charge in [-0.2, -0.15) is 0 Å². The van der Waals surface area contributed by atoms with Crippen molar-refractivity contribution in [2.24, 2.45) is 22.9 Å². The smallest absolute Gasteiger partial charge is 0.410 e. The molecule has 13 nitrogen and oxygen atoms in total. The minimum absolute atomic E-state index is 0.0140. The number of unbranched alkanes of at least 4 members (excludes halogenated alkanes) is 2. The van der Waals surface area contributed by atoms with Crippen molar-refractivity contribution in [1.29, 1.82) is 0 Å². The fourth-order valence-corrected chi connectivity index (χ4v) is 9.71. The van der Waals surface area contributed by atoms with E-state index in [-0.39, 0.29) is 81.9 Å². The number of nitro benzene ring substituents is 1. The molecule has 3 aliphatic rings. The third kappa shape index (κ3) is 10.8. The van der Waals surface area contributed by atoms with Gasteiger partial charge in [0.05, 0.1) is 29.8 Å². The fraction of sp³-hybridized carbons (Fsp3) is 0.412. The lowest BCUT2D eigenvalue weighted by Gasteiger charge is -2.59. The van der Waals surface area contributed by atoms with Crippen LogP contribution in [0.15, 0.2) is 120 Å². The standard InChI is InChI=1S/C51H57F2N3O10/c1-3-27-64-51-47(55(50(59)62-4-2)31-34-15-19-38(52)20-16-34)30-45(54-65-32-35-17-21-39(22-18-35)56(60)61)42-28-36(11-7-9-25-57)41(13-8-10-26-58)48(49(42)51)43-29-40(23-24-46(43)66-51)63-33-37-12-5-6-14-44(37)53/h3,5-6,12,14-24,28-29,36,41,47-49,57-58H,1,4,7-11,13,25-27,30-33H2,2H3. The predicted molar refractivity (Wildman–Crippen MR) is 243 cm³/mol. The van der Waals surface area contributed by atoms with E-state index >= 15 is 0 Å². The van der Waals surface area contributed by atoms with Crippen LogP contribution in [0, 0.1) is 39.5 Å². The molecule has 6 unspecified atom stereocenters. The number of hydrogen-bond acceptors (Lipinski definition) is 11. The lowest BCUT2D eigenvalue weighted by atomic mass is 9.55. The third-order valence-electron chi connectivity index (χ3n) is 12.7. The van der Waals surface area contributed by atoms with Gasteiger partial charge in [0.15, 0.2) is 0 Å². The minimum atomic E-state index is -1.61. The number of ether oxygens (including phenoxy) is 4. The quantitative estimate of drug-likeness (QED) is 0.0336. The van der Waals surface area contributed by atoms with E-state index in [9.17, 15) is 33.9 Å². The van der Waals surface area contributed by atoms with Crippen LogP contribution < -0.4 is 9.47 Å². The van der Waals surface area contributed by atoms with Gasteiger partial charge >= 0.3 is 6.09 Å². The van der Waals surface area contributed by atoms with Gasteiger partial charge in [-0.25, -0.2) is 13.6 Å². The normalized spacial score (nSPS) is 22.3. The summed E-state index contributed by atoms with van der Waals surface area (Å²) in [6.45, 7) is 5.77. The molecule has 4 aromatic carbocycles. The van der Waals surface area contributed by atoms with Gasteiger partial charge in [-0.3, -0.25) is 15.0 Å². The van der Waals surface area contributed by atoms with E-state index in [1.165, 1.54) is 30.3 Å². The summed E-state index contributed by atoms with van der Waals surface area (Å²) in [6, 6.07) is 22.8. The van der Waals surface area contributed by atoms with Crippen LogP contribution in [-0.2, 0) is 34.1 Å². The third-order valence-corrected chi connectivity index (χ3v) is 12.7. The van der Waals surface area contributed by atoms with Gasteiger partial charge in [0.1, 0.15) is 42.4 Å². The fourth-order valence-electron chi connectivity index (χ4n) is 9.71. The highest BCUT2D eigenvalue weighted by molar-refractivity contribution is 6.03. The molecule has 1 fully saturated rings. The number of nitrogens with zero attached hydrogens (tertiary/aromatic N) is 3. The topological polar surface area (TPSA) is 162 Å². The number of fused-ring (bicyclic) bond motifs is 2. The van der Waals surface area contributed by atoms with Crippen molar-refractivity contribution < 1.29 is 52.5 Å². The summed E-state index contributed by atoms with van der Waals surface area (Å²) in [6.07, 6.45) is 7.23. The van der Waals surface area contributed by atoms with Crippen molar-refractivity contribution in [2.75, 3.05) is 26.4 Å². The molecule has 2 aliphatic carbocycles. The van der Waals surface area contributed by atoms with E-state index < -0.39 is 34.6 Å². The number of allylic oxidation sites excluding steroid dienone is 1. The molecule has 1 saturated carbocycles. The van der Waals surface area contributed by atoms with Gasteiger partial charge in [0.2, 0.25) is 5.79 Å². The number of carbonyl (C=O) groups excluding carboxylic acids is 1. The van der Waals surface area contributed by atoms with Crippen LogP contribution in [0.5, 0.6) is 11.5 Å². The van der Waals surface area contributed by atoms with Crippen molar-refractivity contribution in [1.82, 2.24) is 4.90 Å². The van der Waals surface area contributed by atoms with Crippen LogP contribution in [0.2, 0.25) is 0 Å². The Bertz CT molecular complexity index is 2360. The number of hydrogen-bond donors (Lipinski definition) is 2. The Kier molecular flexibility index (Phi) is 16.2. The molecule has 0 radical (unpaired) electrons. The zero-order valence-electron chi connectivity index (χ0n) is 37.1. The molecule has 0 saturated heterocycles. The number of halogens is 2. The van der Waals surface area contributed by atoms with Gasteiger partial charge in [0.25, 0.3) is 5.69 Å². The average molecular weight is 910 g/mol. The summed E-state index contributed by atoms with van der Waals surface area (Å²) in [5.41, 5.74) is 3.70. The number of nitro groups is 1. The first-order valence-electron chi connectivity index (χ1n) is 22.6. The van der Waals surface area contributed by atoms with Crippen LogP contribution in [0.1, 0.15) is 80.0 Å². The molecule has 0 bridgehead atoms. The first-order valence-corrected chi connectivity index (χ1v) is 22.6. The highest BCUT2D eigenvalue weighted by Crippen LogP contribution is 2.62. The van der Waals surface area contributed by atoms with E-state index in [2.05, 4.69) is 12.7 Å². The average Bonchev–Trinajstić information content (AvgIpc) is 3.32. The Balaban J connectivity index is 1.43. The Labute approximate surface area is 383 Å². The second-order valence-electron chi connectivity index (χ2n) is 16.8. The molecule has 6 atom stereocenters. The molecular weight excluding hydrogens is 853 g/mol. The van der Waals surface area contributed by atoms with Crippen LogP contribution in [-0.4, -0.2) is 70.1 Å². The maximum atomic E-state index is 14.8. The SMILES string of the molecule is C=CCOC12Oc3ccc(OCc4ccccc4F)cc3C3C(CCCCO)C(CCCCO)C=C(C(=NOCc4ccc([N+](=O)[O-])cc4)CC1N(Cc1ccc(F)cc1)C(=O)OCC)C32. The van der Waals surface area contributed by atoms with Crippen molar-refractivity contribution >= 4 is 17.5 Å². The Morgan fingerprint density at radius 2 is 1.70 bits per heavy atom. The molecular formula is C51H57F2N3O10. The molecule has 1 heterocycles. The molecule has 0 spiro atoms. The number of aliphatic hydroxyl groups excluding tert-OH is 2. The van der Waals surface area contributed by atoms with Crippen LogP contribution >= 0.6 is 0 Å². The molecule has 7 rings (SSSR count). The number of benzene rings is 4. The Morgan fingerprint density at radius 3 is 2.39 bits per heavy atom. The number of amides is 1. The monoisotopic (exact) mass is 909 g/mol. The second-order valence-corrected chi connectivity index (χ2v) is 16.8. The molecule has 1 amide bonds. The predicted octanol–water partition coefficient (Wildman–Crippen LogP) is 9.94. The number of carbonyl (C=O) groups is 1. The summed E-state index contributed by atoms with van der Waals surface area (Å²) in [4.78, 5) is 33.0. The van der Waals surface area contributed by atoms with Crippen molar-refractivity contribution in [3.8, 4) is 11.5 Å². The van der Waals surface area contributed by atoms with Crippen molar-refractivity contribution in [2.45, 2.75) is 89.4 Å². The van der Waals surface area contributed by atoms with E-state index in [0.717, 1.165) is 24.0 Å². The molecule has 4 aromatic rings. The van der Waals surface area contributed by atoms with E-state index in [4.69, 9.17) is 28.9 Å². The van der Waals surface area contributed by atoms with E-state index in [0.29, 0.717) is 59.6 Å². The molecule has 1 aliphatic heterocycles. The first-order chi connectivity index (χ1) is 32.1. The first kappa shape index (κ1) is 47.8. The van der Waals surface area contributed by atoms with Gasteiger partial charge in [-0.15, -0.1) is 6.58 Å². The highest BCUT2D eigenvalue weighted by Gasteiger charge is 2.65. The van der Waals surface area contributed by atoms with Crippen molar-refractivity contribution in [3.05, 3.63) is 159 Å². The molecule has 0 aromatic heterocycles. The Morgan fingerprint density at radius 1 is 0.970 bits per heavy atom. The van der Waals surface area contributed by atoms with Gasteiger partial charge in [0, 0.05) is 55.4 Å². The van der Waals surface area contributed by atoms with E-state index in [1.54, 1.807) is 66.4 Å². The number of rotatable bonds is 22. The summed E-state index contributed by atoms with van der Waals surface area (Å²) in [7, 11) is 0. The van der Waals surface area contributed by atoms with Gasteiger partial charge in [-0.1, -0.05) is 60.5 Å². The highest BCUT2D eigenvalue weighted by atomic mass is 19.1. The maximum absolute atomic E-state index is 14.8. The number of non-ortho nitro benzene ring substituents is 1. The van der Waals surface area contributed by atoms with Gasteiger partial charge < -0.3 is 34.0 Å². The zero-order valence-corrected chi connectivity index (χ0v) is 37.1. The zero-order chi connectivity index (χ0) is 46.6. The molecule has 350 valence electrons. The lowest BCUT2D eigenvalue weighted by molar-refractivity contribution is -0.384. The lowest BCUT2D eigenvalue weighted by Crippen LogP contribution is -2.70. The second kappa shape index (κ2) is 22.4. The van der Waals surface area contributed by atoms with Crippen LogP contribution in [0.4, 0.5) is 19.3 Å². The molecule has 15 heteroatoms. The maximum Gasteiger partial charge on any atom is 0.410 e. The summed E-state index contributed by atoms with van der Waals surface area (Å²) < 4.78 is 55.4. The van der Waals surface area contributed by atoms with Crippen molar-refractivity contribution in [3.63, 3.8) is 0 Å². The molecule has 66 heavy (non-hydrogen) atoms. The van der Waals surface area contributed by atoms with Gasteiger partial charge in [-0.05, 0) is 110 Å². The molecule has 2 N–H and O–H groups in total. The van der Waals surface area contributed by atoms with Crippen LogP contribution in [0.25, 0.3) is 0 Å². The number of oxime groups is 1. The summed E-state index contributed by atoms with van der Waals surface area (Å²) >= 11 is 0. The summed E-state index contributed by atoms with van der Waals surface area (Å²) in [5, 5.41) is 36.1. The largest absolute Gasteiger partial charge is 0.489 e. The van der Waals surface area contributed by atoms with Crippen LogP contribution in [0.3, 0.4) is 0 Å². The van der Waals surface area contributed by atoms with E-state index in [1.807, 2.05) is 12.1 Å². The summed E-state index contributed by atoms with van der Waals surface area (Å²) in [5.74, 6) is -2.65. The minimum Gasteiger partial charge on any atom is -0.489 e. The Hall–Kier alpha value is -6.16.